The molecule has 0 aliphatic heterocycles. The van der Waals surface area contributed by atoms with E-state index in [2.05, 4.69) is 10.1 Å². The van der Waals surface area contributed by atoms with Gasteiger partial charge in [0.2, 0.25) is 11.0 Å². The third-order valence-corrected chi connectivity index (χ3v) is 3.43. The van der Waals surface area contributed by atoms with Crippen LogP contribution in [0.1, 0.15) is 5.56 Å². The second-order valence-corrected chi connectivity index (χ2v) is 6.25. The molecule has 1 aromatic heterocycles. The van der Waals surface area contributed by atoms with E-state index in [0.717, 1.165) is 4.68 Å². The molecular weight excluding hydrogens is 446 g/mol. The van der Waals surface area contributed by atoms with E-state index in [-0.39, 0.29) is 16.1 Å². The summed E-state index contributed by atoms with van der Waals surface area (Å²) in [6.45, 7) is -3.23. The van der Waals surface area contributed by atoms with Gasteiger partial charge in [-0.1, -0.05) is 11.6 Å². The summed E-state index contributed by atoms with van der Waals surface area (Å²) in [5, 5.41) is 3.23. The second kappa shape index (κ2) is 7.59. The minimum Gasteiger partial charge on any atom is -0.741 e. The Balaban J connectivity index is 0.000000387. The normalized spacial score (nSPS) is 12.9. The van der Waals surface area contributed by atoms with E-state index in [1.165, 1.54) is 7.05 Å². The monoisotopic (exact) mass is 451 g/mol. The van der Waals surface area contributed by atoms with Crippen molar-refractivity contribution in [2.75, 3.05) is 0 Å². The summed E-state index contributed by atoms with van der Waals surface area (Å²) >= 11 is 5.71. The molecule has 0 atom stereocenters. The summed E-state index contributed by atoms with van der Waals surface area (Å²) in [5.41, 5.74) is -6.98. The van der Waals surface area contributed by atoms with E-state index in [0.29, 0.717) is 17.0 Å². The number of aryl methyl sites for hydroxylation is 1. The second-order valence-electron chi connectivity index (χ2n) is 4.48. The Morgan fingerprint density at radius 3 is 2.07 bits per heavy atom. The number of aromatic nitrogens is 3. The fraction of sp³-hybridized carbons (Fsp3) is 0.400. The summed E-state index contributed by atoms with van der Waals surface area (Å²) in [6, 6.07) is 1.33. The molecule has 0 fully saturated rings. The van der Waals surface area contributed by atoms with Crippen molar-refractivity contribution >= 4 is 32.8 Å². The van der Waals surface area contributed by atoms with Crippen LogP contribution in [0.25, 0.3) is 11.0 Å². The molecule has 0 aliphatic carbocycles. The largest absolute Gasteiger partial charge is 0.741 e. The Labute approximate surface area is 149 Å². The average molecular weight is 452 g/mol. The zero-order valence-electron chi connectivity index (χ0n) is 12.5. The summed E-state index contributed by atoms with van der Waals surface area (Å²) in [5.74, 6) is 0. The van der Waals surface area contributed by atoms with Gasteiger partial charge in [0.1, 0.15) is 12.3 Å². The fourth-order valence-electron chi connectivity index (χ4n) is 1.58. The highest BCUT2D eigenvalue weighted by Crippen LogP contribution is 2.33. The number of nitrogens with zero attached hydrogens (tertiary/aromatic N) is 3. The van der Waals surface area contributed by atoms with Crippen molar-refractivity contribution in [2.24, 2.45) is 7.05 Å². The molecule has 0 saturated carbocycles. The van der Waals surface area contributed by atoms with Gasteiger partial charge in [-0.3, -0.25) is 0 Å². The topological polar surface area (TPSA) is 88.1 Å². The number of hydrogen-bond donors (Lipinski definition) is 0. The maximum atomic E-state index is 12.6. The van der Waals surface area contributed by atoms with Gasteiger partial charge in [0, 0.05) is 6.07 Å². The molecule has 0 amide bonds. The summed E-state index contributed by atoms with van der Waals surface area (Å²) < 4.78 is 122. The molecule has 0 radical (unpaired) electrons. The summed E-state index contributed by atoms with van der Waals surface area (Å²) in [7, 11) is -4.75. The molecule has 0 saturated heterocycles. The van der Waals surface area contributed by atoms with Crippen molar-refractivity contribution in [1.29, 1.82) is 0 Å². The Bertz CT molecular complexity index is 925. The van der Waals surface area contributed by atoms with Gasteiger partial charge in [-0.05, 0) is 6.07 Å². The van der Waals surface area contributed by atoms with Crippen molar-refractivity contribution in [3.8, 4) is 0 Å². The van der Waals surface area contributed by atoms with Crippen LogP contribution in [0.15, 0.2) is 12.1 Å². The molecule has 17 heteroatoms. The Hall–Kier alpha value is -1.94. The first-order valence-corrected chi connectivity index (χ1v) is 7.87. The number of hydrogen-bond acceptors (Lipinski definition) is 5. The van der Waals surface area contributed by atoms with Gasteiger partial charge in [0.15, 0.2) is 10.1 Å². The van der Waals surface area contributed by atoms with Gasteiger partial charge < -0.3 is 4.55 Å². The molecule has 0 N–H and O–H groups in total. The first-order chi connectivity index (χ1) is 11.9. The van der Waals surface area contributed by atoms with Crippen LogP contribution in [0.4, 0.5) is 35.1 Å². The summed E-state index contributed by atoms with van der Waals surface area (Å²) in [6.07, 6.45) is -4.66. The number of halogens is 9. The quantitative estimate of drug-likeness (QED) is 0.302. The van der Waals surface area contributed by atoms with Crippen molar-refractivity contribution in [2.45, 2.75) is 18.3 Å². The van der Waals surface area contributed by atoms with Gasteiger partial charge >= 0.3 is 18.3 Å². The molecule has 154 valence electrons. The Kier molecular flexibility index (Phi) is 6.49. The molecule has 1 aromatic carbocycles. The summed E-state index contributed by atoms with van der Waals surface area (Å²) in [4.78, 5) is 4.30. The molecule has 7 nitrogen and oxygen atoms in total. The third kappa shape index (κ3) is 5.77. The van der Waals surface area contributed by atoms with Gasteiger partial charge in [-0.15, -0.1) is 4.68 Å². The van der Waals surface area contributed by atoms with E-state index >= 15 is 0 Å². The molecule has 0 bridgehead atoms. The van der Waals surface area contributed by atoms with Gasteiger partial charge in [-0.2, -0.15) is 35.1 Å². The molecular formula is C10H6ClF8N3O4S. The molecule has 0 unspecified atom stereocenters. The van der Waals surface area contributed by atoms with Crippen LogP contribution >= 0.6 is 11.6 Å². The van der Waals surface area contributed by atoms with Crippen LogP contribution < -0.4 is 9.52 Å². The van der Waals surface area contributed by atoms with Gasteiger partial charge in [0.05, 0.1) is 15.4 Å². The smallest absolute Gasteiger partial charge is 0.485 e. The van der Waals surface area contributed by atoms with E-state index in [9.17, 15) is 35.1 Å². The molecule has 0 spiro atoms. The van der Waals surface area contributed by atoms with E-state index in [1.807, 2.05) is 0 Å². The first-order valence-electron chi connectivity index (χ1n) is 6.08. The molecule has 27 heavy (non-hydrogen) atoms. The van der Waals surface area contributed by atoms with E-state index in [4.69, 9.17) is 24.6 Å². The lowest BCUT2D eigenvalue weighted by Gasteiger charge is -2.08. The predicted molar refractivity (Wildman–Crippen MR) is 69.3 cm³/mol. The van der Waals surface area contributed by atoms with Crippen LogP contribution in [0.5, 0.6) is 0 Å². The SMILES string of the molecule is C[n+]1nn(OC(F)F)c2cc(C(F)(F)F)cc(Cl)c21.O=S(=O)([O-])C(F)(F)F. The number of rotatable bonds is 2. The number of benzene rings is 1. The standard InChI is InChI=1S/C9H6ClF5N3O.CHF3O3S/c1-17-7-5(10)2-4(9(13,14)15)3-6(7)18(16-17)19-8(11)12;2-1(3,4)8(5,6)7/h2-3,8H,1H3;(H,5,6,7)/q+1;/p-1. The highest BCUT2D eigenvalue weighted by molar-refractivity contribution is 7.86. The third-order valence-electron chi connectivity index (χ3n) is 2.58. The van der Waals surface area contributed by atoms with Crippen LogP contribution in [-0.4, -0.2) is 35.1 Å². The fourth-order valence-corrected chi connectivity index (χ4v) is 1.92. The maximum Gasteiger partial charge on any atom is 0.485 e. The van der Waals surface area contributed by atoms with E-state index in [1.54, 1.807) is 0 Å². The minimum atomic E-state index is -6.09. The highest BCUT2D eigenvalue weighted by Gasteiger charge is 2.37. The molecule has 1 heterocycles. The zero-order valence-corrected chi connectivity index (χ0v) is 14.1. The van der Waals surface area contributed by atoms with Crippen molar-refractivity contribution in [3.63, 3.8) is 0 Å². The Morgan fingerprint density at radius 2 is 1.70 bits per heavy atom. The lowest BCUT2D eigenvalue weighted by molar-refractivity contribution is -0.711. The van der Waals surface area contributed by atoms with E-state index < -0.39 is 34.0 Å². The molecule has 2 rings (SSSR count). The van der Waals surface area contributed by atoms with Crippen molar-refractivity contribution in [1.82, 2.24) is 10.1 Å². The maximum absolute atomic E-state index is 12.6. The minimum absolute atomic E-state index is 0.0512. The van der Waals surface area contributed by atoms with Crippen molar-refractivity contribution in [3.05, 3.63) is 22.7 Å². The predicted octanol–water partition coefficient (Wildman–Crippen LogP) is 2.24. The first kappa shape index (κ1) is 23.1. The van der Waals surface area contributed by atoms with Crippen LogP contribution in [0.2, 0.25) is 5.02 Å². The van der Waals surface area contributed by atoms with Gasteiger partial charge in [0.25, 0.3) is 0 Å². The highest BCUT2D eigenvalue weighted by atomic mass is 35.5. The lowest BCUT2D eigenvalue weighted by Crippen LogP contribution is -2.33. The molecule has 2 aromatic rings. The number of alkyl halides is 8. The zero-order chi connectivity index (χ0) is 21.4. The van der Waals surface area contributed by atoms with Crippen LogP contribution in [0, 0.1) is 0 Å². The van der Waals surface area contributed by atoms with Gasteiger partial charge in [-0.25, -0.2) is 13.3 Å². The Morgan fingerprint density at radius 1 is 1.22 bits per heavy atom. The van der Waals surface area contributed by atoms with Crippen molar-refractivity contribution < 1.29 is 57.6 Å². The molecule has 0 aliphatic rings. The van der Waals surface area contributed by atoms with Crippen LogP contribution in [0.3, 0.4) is 0 Å². The number of fused-ring (bicyclic) bond motifs is 1. The van der Waals surface area contributed by atoms with Crippen LogP contribution in [-0.2, 0) is 23.3 Å². The average Bonchev–Trinajstić information content (AvgIpc) is 2.72. The lowest BCUT2D eigenvalue weighted by atomic mass is 10.2.